The van der Waals surface area contributed by atoms with Crippen LogP contribution in [0.25, 0.3) is 0 Å². The molecule has 1 saturated heterocycles. The average Bonchev–Trinajstić information content (AvgIpc) is 3.01. The minimum absolute atomic E-state index is 0.602. The predicted octanol–water partition coefficient (Wildman–Crippen LogP) is 3.11. The Balaban J connectivity index is 1.56. The van der Waals surface area contributed by atoms with Crippen molar-refractivity contribution in [1.82, 2.24) is 20.6 Å². The molecule has 1 aliphatic heterocycles. The van der Waals surface area contributed by atoms with Crippen molar-refractivity contribution in [3.8, 4) is 0 Å². The predicted molar refractivity (Wildman–Crippen MR) is 111 cm³/mol. The number of aromatic nitrogens is 2. The smallest absolute Gasteiger partial charge is 0.191 e. The molecule has 1 fully saturated rings. The summed E-state index contributed by atoms with van der Waals surface area (Å²) in [6.07, 6.45) is 8.96. The van der Waals surface area contributed by atoms with E-state index in [-0.39, 0.29) is 0 Å². The van der Waals surface area contributed by atoms with Crippen molar-refractivity contribution in [2.24, 2.45) is 4.99 Å². The topological polar surface area (TPSA) is 65.4 Å². The molecule has 6 heteroatoms. The van der Waals surface area contributed by atoms with Crippen molar-refractivity contribution in [1.29, 1.82) is 0 Å². The highest BCUT2D eigenvalue weighted by atomic mass is 15.2. The molecule has 0 atom stereocenters. The Kier molecular flexibility index (Phi) is 7.45. The summed E-state index contributed by atoms with van der Waals surface area (Å²) < 4.78 is 0. The van der Waals surface area contributed by atoms with Gasteiger partial charge in [-0.15, -0.1) is 0 Å². The van der Waals surface area contributed by atoms with Gasteiger partial charge in [0.2, 0.25) is 0 Å². The first kappa shape index (κ1) is 19.1. The first-order chi connectivity index (χ1) is 13.3. The second-order valence-electron chi connectivity index (χ2n) is 6.80. The van der Waals surface area contributed by atoms with E-state index < -0.39 is 0 Å². The van der Waals surface area contributed by atoms with Crippen molar-refractivity contribution < 1.29 is 0 Å². The van der Waals surface area contributed by atoms with Crippen molar-refractivity contribution in [2.45, 2.75) is 45.7 Å². The van der Waals surface area contributed by atoms with Gasteiger partial charge in [0.05, 0.1) is 18.8 Å². The van der Waals surface area contributed by atoms with E-state index in [0.717, 1.165) is 42.7 Å². The van der Waals surface area contributed by atoms with E-state index in [1.807, 2.05) is 24.4 Å². The van der Waals surface area contributed by atoms with Gasteiger partial charge in [-0.2, -0.15) is 0 Å². The Morgan fingerprint density at radius 2 is 1.89 bits per heavy atom. The minimum atomic E-state index is 0.602. The normalized spacial score (nSPS) is 15.3. The van der Waals surface area contributed by atoms with Gasteiger partial charge in [0.1, 0.15) is 5.82 Å². The average molecular weight is 367 g/mol. The zero-order valence-corrected chi connectivity index (χ0v) is 16.2. The molecule has 27 heavy (non-hydrogen) atoms. The van der Waals surface area contributed by atoms with Crippen molar-refractivity contribution >= 4 is 11.8 Å². The molecule has 0 aliphatic carbocycles. The Hall–Kier alpha value is -2.63. The molecule has 3 heterocycles. The number of hydrogen-bond acceptors (Lipinski definition) is 4. The van der Waals surface area contributed by atoms with Crippen LogP contribution < -0.4 is 15.5 Å². The Morgan fingerprint density at radius 3 is 2.56 bits per heavy atom. The van der Waals surface area contributed by atoms with Crippen molar-refractivity contribution in [3.63, 3.8) is 0 Å². The highest BCUT2D eigenvalue weighted by Gasteiger charge is 2.10. The van der Waals surface area contributed by atoms with Crippen molar-refractivity contribution in [2.75, 3.05) is 24.5 Å². The van der Waals surface area contributed by atoms with Gasteiger partial charge in [0, 0.05) is 32.0 Å². The molecule has 0 saturated carbocycles. The molecule has 1 aliphatic rings. The van der Waals surface area contributed by atoms with E-state index in [2.05, 4.69) is 49.6 Å². The molecule has 0 radical (unpaired) electrons. The molecule has 3 rings (SSSR count). The zero-order chi connectivity index (χ0) is 18.7. The van der Waals surface area contributed by atoms with Gasteiger partial charge in [-0.25, -0.2) is 9.98 Å². The first-order valence-corrected chi connectivity index (χ1v) is 9.97. The Labute approximate surface area is 162 Å². The maximum Gasteiger partial charge on any atom is 0.191 e. The van der Waals surface area contributed by atoms with Gasteiger partial charge in [-0.05, 0) is 43.5 Å². The van der Waals surface area contributed by atoms with E-state index >= 15 is 0 Å². The highest BCUT2D eigenvalue weighted by molar-refractivity contribution is 5.79. The van der Waals surface area contributed by atoms with E-state index in [1.54, 1.807) is 6.20 Å². The number of aliphatic imine (C=N–C) groups is 1. The van der Waals surface area contributed by atoms with Crippen LogP contribution in [0.4, 0.5) is 5.82 Å². The van der Waals surface area contributed by atoms with Gasteiger partial charge in [0.15, 0.2) is 5.96 Å². The third-order valence-corrected chi connectivity index (χ3v) is 4.67. The molecule has 6 nitrogen and oxygen atoms in total. The van der Waals surface area contributed by atoms with Gasteiger partial charge in [-0.3, -0.25) is 4.98 Å². The van der Waals surface area contributed by atoms with E-state index in [0.29, 0.717) is 13.1 Å². The van der Waals surface area contributed by atoms with Gasteiger partial charge >= 0.3 is 0 Å². The summed E-state index contributed by atoms with van der Waals surface area (Å²) in [5.41, 5.74) is 2.11. The summed E-state index contributed by atoms with van der Waals surface area (Å²) in [7, 11) is 0. The number of rotatable bonds is 6. The van der Waals surface area contributed by atoms with Crippen LogP contribution in [0.3, 0.4) is 0 Å². The van der Waals surface area contributed by atoms with Crippen LogP contribution in [0.2, 0.25) is 0 Å². The monoisotopic (exact) mass is 366 g/mol. The minimum Gasteiger partial charge on any atom is -0.357 e. The van der Waals surface area contributed by atoms with Gasteiger partial charge < -0.3 is 15.5 Å². The molecule has 144 valence electrons. The van der Waals surface area contributed by atoms with Crippen LogP contribution in [-0.4, -0.2) is 35.6 Å². The lowest BCUT2D eigenvalue weighted by Gasteiger charge is -2.21. The van der Waals surface area contributed by atoms with Crippen LogP contribution in [-0.2, 0) is 13.1 Å². The fourth-order valence-electron chi connectivity index (χ4n) is 3.19. The van der Waals surface area contributed by atoms with Crippen LogP contribution in [0.5, 0.6) is 0 Å². The maximum atomic E-state index is 4.67. The summed E-state index contributed by atoms with van der Waals surface area (Å²) in [6, 6.07) is 10.2. The molecule has 0 aromatic carbocycles. The first-order valence-electron chi connectivity index (χ1n) is 9.97. The number of nitrogens with one attached hydrogen (secondary N) is 2. The molecule has 0 unspecified atom stereocenters. The van der Waals surface area contributed by atoms with E-state index in [4.69, 9.17) is 0 Å². The molecule has 0 amide bonds. The lowest BCUT2D eigenvalue weighted by atomic mass is 10.2. The fourth-order valence-corrected chi connectivity index (χ4v) is 3.19. The largest absolute Gasteiger partial charge is 0.357 e. The summed E-state index contributed by atoms with van der Waals surface area (Å²) in [5.74, 6) is 1.88. The molecular weight excluding hydrogens is 336 g/mol. The van der Waals surface area contributed by atoms with Crippen LogP contribution in [0.1, 0.15) is 43.9 Å². The third kappa shape index (κ3) is 6.24. The number of hydrogen-bond donors (Lipinski definition) is 2. The number of nitrogens with zero attached hydrogens (tertiary/aromatic N) is 4. The standard InChI is InChI=1S/C21H30N6/c1-2-22-21(26-17-19-9-5-6-12-23-19)25-16-18-10-11-20(24-15-18)27-13-7-3-4-8-14-27/h5-6,9-12,15H,2-4,7-8,13-14,16-17H2,1H3,(H2,22,25,26). The summed E-state index contributed by atoms with van der Waals surface area (Å²) in [6.45, 7) is 6.37. The Morgan fingerprint density at radius 1 is 1.04 bits per heavy atom. The molecule has 0 bridgehead atoms. The second-order valence-corrected chi connectivity index (χ2v) is 6.80. The second kappa shape index (κ2) is 10.5. The number of pyridine rings is 2. The van der Waals surface area contributed by atoms with Crippen LogP contribution >= 0.6 is 0 Å². The lowest BCUT2D eigenvalue weighted by molar-refractivity contribution is 0.726. The van der Waals surface area contributed by atoms with Gasteiger partial charge in [-0.1, -0.05) is 25.0 Å². The van der Waals surface area contributed by atoms with E-state index in [9.17, 15) is 0 Å². The van der Waals surface area contributed by atoms with Crippen LogP contribution in [0, 0.1) is 0 Å². The van der Waals surface area contributed by atoms with E-state index in [1.165, 1.54) is 25.7 Å². The zero-order valence-electron chi connectivity index (χ0n) is 16.2. The molecule has 2 aromatic heterocycles. The maximum absolute atomic E-state index is 4.67. The SMILES string of the molecule is CCNC(=NCc1ccc(N2CCCCCC2)nc1)NCc1ccccn1. The van der Waals surface area contributed by atoms with Gasteiger partial charge in [0.25, 0.3) is 0 Å². The van der Waals surface area contributed by atoms with Crippen LogP contribution in [0.15, 0.2) is 47.7 Å². The highest BCUT2D eigenvalue weighted by Crippen LogP contribution is 2.17. The summed E-state index contributed by atoms with van der Waals surface area (Å²) >= 11 is 0. The summed E-state index contributed by atoms with van der Waals surface area (Å²) in [4.78, 5) is 16.1. The number of guanidine groups is 1. The fraction of sp³-hybridized carbons (Fsp3) is 0.476. The summed E-state index contributed by atoms with van der Waals surface area (Å²) in [5, 5.41) is 6.60. The third-order valence-electron chi connectivity index (χ3n) is 4.67. The van der Waals surface area contributed by atoms with Crippen molar-refractivity contribution in [3.05, 3.63) is 54.0 Å². The molecule has 0 spiro atoms. The quantitative estimate of drug-likeness (QED) is 0.607. The number of anilines is 1. The molecule has 2 N–H and O–H groups in total. The molecular formula is C21H30N6. The molecule has 2 aromatic rings. The lowest BCUT2D eigenvalue weighted by Crippen LogP contribution is -2.37. The Bertz CT molecular complexity index is 690.